The van der Waals surface area contributed by atoms with E-state index in [1.54, 1.807) is 22.8 Å². The minimum atomic E-state index is 0. The third-order valence-corrected chi connectivity index (χ3v) is 10.9. The molecule has 0 aliphatic carbocycles. The fraction of sp³-hybridized carbons (Fsp3) is 0.609. The summed E-state index contributed by atoms with van der Waals surface area (Å²) in [5.41, 5.74) is 15.0. The first-order valence-corrected chi connectivity index (χ1v) is 20.3. The molecule has 6 nitrogen and oxygen atoms in total. The predicted molar refractivity (Wildman–Crippen MR) is 214 cm³/mol. The van der Waals surface area contributed by atoms with Crippen LogP contribution in [0.4, 0.5) is 0 Å². The van der Waals surface area contributed by atoms with Gasteiger partial charge < -0.3 is 11.0 Å². The van der Waals surface area contributed by atoms with Crippen LogP contribution in [0.25, 0.3) is 0 Å². The quantitative estimate of drug-likeness (QED) is 0.121. The SMILES string of the molecule is CCCCc1c(CCCC)[n+]2cn1Cc1cc(cc(C(C)(C)C)c1)Cn1c[n+](c(CCCC)c1CCCC)Cc1cc(cc(C(C)(C)C)c1)C2.[OH-].[OH-]. The molecule has 0 fully saturated rings. The number of rotatable bonds is 12. The maximum Gasteiger partial charge on any atom is 0.244 e. The van der Waals surface area contributed by atoms with Crippen molar-refractivity contribution in [2.24, 2.45) is 0 Å². The molecule has 4 aromatic rings. The van der Waals surface area contributed by atoms with Crippen LogP contribution in [0.1, 0.15) is 177 Å². The van der Waals surface area contributed by atoms with Crippen LogP contribution < -0.4 is 9.13 Å². The van der Waals surface area contributed by atoms with E-state index in [0.29, 0.717) is 0 Å². The Morgan fingerprint density at radius 2 is 0.808 bits per heavy atom. The monoisotopic (exact) mass is 713 g/mol. The first-order chi connectivity index (χ1) is 23.8. The van der Waals surface area contributed by atoms with Crippen molar-refractivity contribution >= 4 is 0 Å². The molecule has 0 atom stereocenters. The van der Waals surface area contributed by atoms with Crippen molar-refractivity contribution in [1.29, 1.82) is 0 Å². The average molecular weight is 713 g/mol. The molecule has 0 saturated heterocycles. The van der Waals surface area contributed by atoms with Crippen molar-refractivity contribution in [3.8, 4) is 0 Å². The Balaban J connectivity index is 0.00000364. The van der Waals surface area contributed by atoms with Crippen LogP contribution in [0.2, 0.25) is 0 Å². The number of fused-ring (bicyclic) bond motifs is 8. The zero-order valence-electron chi connectivity index (χ0n) is 34.6. The normalized spacial score (nSPS) is 13.1. The Labute approximate surface area is 316 Å². The van der Waals surface area contributed by atoms with Gasteiger partial charge in [-0.2, -0.15) is 0 Å². The lowest BCUT2D eigenvalue weighted by Gasteiger charge is -2.21. The van der Waals surface area contributed by atoms with Gasteiger partial charge in [-0.1, -0.05) is 119 Å². The van der Waals surface area contributed by atoms with Gasteiger partial charge in [0.2, 0.25) is 12.7 Å². The largest absolute Gasteiger partial charge is 0.870 e. The van der Waals surface area contributed by atoms with Gasteiger partial charge in [0.15, 0.2) is 0 Å². The molecule has 2 aromatic carbocycles. The van der Waals surface area contributed by atoms with Crippen LogP contribution in [0.15, 0.2) is 49.1 Å². The third-order valence-electron chi connectivity index (χ3n) is 10.9. The smallest absolute Gasteiger partial charge is 0.244 e. The van der Waals surface area contributed by atoms with Gasteiger partial charge >= 0.3 is 0 Å². The van der Waals surface area contributed by atoms with Crippen molar-refractivity contribution < 1.29 is 20.1 Å². The lowest BCUT2D eigenvalue weighted by Crippen LogP contribution is -2.38. The van der Waals surface area contributed by atoms with Crippen LogP contribution in [-0.4, -0.2) is 20.1 Å². The molecule has 2 N–H and O–H groups in total. The molecule has 0 amide bonds. The molecule has 2 aromatic heterocycles. The highest BCUT2D eigenvalue weighted by molar-refractivity contribution is 5.36. The maximum atomic E-state index is 2.63. The number of nitrogens with zero attached hydrogens (tertiary/aromatic N) is 4. The van der Waals surface area contributed by atoms with Crippen molar-refractivity contribution in [2.75, 3.05) is 0 Å². The van der Waals surface area contributed by atoms with Gasteiger partial charge in [0.05, 0.1) is 0 Å². The number of hydrogen-bond acceptors (Lipinski definition) is 2. The van der Waals surface area contributed by atoms with Crippen LogP contribution in [0, 0.1) is 0 Å². The van der Waals surface area contributed by atoms with E-state index >= 15 is 0 Å². The third kappa shape index (κ3) is 10.5. The highest BCUT2D eigenvalue weighted by Crippen LogP contribution is 2.29. The molecule has 3 heterocycles. The molecule has 5 rings (SSSR count). The summed E-state index contributed by atoms with van der Waals surface area (Å²) in [5, 5.41) is 0. The summed E-state index contributed by atoms with van der Waals surface area (Å²) in [6.45, 7) is 27.3. The van der Waals surface area contributed by atoms with Gasteiger partial charge in [0.25, 0.3) is 0 Å². The first-order valence-electron chi connectivity index (χ1n) is 20.3. The van der Waals surface area contributed by atoms with E-state index in [1.807, 2.05) is 0 Å². The first kappa shape index (κ1) is 43.2. The zero-order valence-corrected chi connectivity index (χ0v) is 34.6. The Kier molecular flexibility index (Phi) is 15.5. The molecule has 6 heteroatoms. The van der Waals surface area contributed by atoms with Crippen molar-refractivity contribution in [3.63, 3.8) is 0 Å². The van der Waals surface area contributed by atoms with E-state index in [1.165, 1.54) is 84.7 Å². The molecule has 1 aliphatic heterocycles. The number of benzene rings is 2. The second-order valence-electron chi connectivity index (χ2n) is 17.5. The number of aromatic nitrogens is 4. The predicted octanol–water partition coefficient (Wildman–Crippen LogP) is 9.98. The molecule has 288 valence electrons. The minimum Gasteiger partial charge on any atom is -0.870 e. The van der Waals surface area contributed by atoms with E-state index in [9.17, 15) is 0 Å². The summed E-state index contributed by atoms with van der Waals surface area (Å²) in [7, 11) is 0. The Bertz CT molecular complexity index is 1500. The molecule has 0 spiro atoms. The van der Waals surface area contributed by atoms with Gasteiger partial charge in [-0.3, -0.25) is 0 Å². The Hall–Kier alpha value is -3.22. The molecule has 0 radical (unpaired) electrons. The zero-order chi connectivity index (χ0) is 36.1. The Morgan fingerprint density at radius 3 is 1.15 bits per heavy atom. The second-order valence-corrected chi connectivity index (χ2v) is 17.5. The van der Waals surface area contributed by atoms with Crippen LogP contribution in [-0.2, 0) is 62.7 Å². The van der Waals surface area contributed by atoms with Gasteiger partial charge in [0, 0.05) is 25.7 Å². The number of imidazole rings is 2. The number of hydrogen-bond donors (Lipinski definition) is 0. The van der Waals surface area contributed by atoms with E-state index < -0.39 is 0 Å². The van der Waals surface area contributed by atoms with Crippen molar-refractivity contribution in [2.45, 2.75) is 183 Å². The molecule has 8 bridgehead atoms. The molecule has 0 unspecified atom stereocenters. The standard InChI is InChI=1S/C46H70N4.2H2O/c1-11-15-19-41-42(20-16-12-2)48-30-36-24-38(28-40(26-36)46(8,9)10)32-50-34-49(43(21-17-13-3)44(50)22-18-14-4)31-37-23-35(29-47(41)33-48)25-39(27-37)45(5,6)7;;/h23-28,33-34H,11-22,29-32H2,1-10H3;2*1H2/q+2;;/p-2. The minimum absolute atomic E-state index is 0. The summed E-state index contributed by atoms with van der Waals surface area (Å²) >= 11 is 0. The van der Waals surface area contributed by atoms with Gasteiger partial charge in [-0.15, -0.1) is 0 Å². The maximum absolute atomic E-state index is 2.63. The lowest BCUT2D eigenvalue weighted by molar-refractivity contribution is -0.696. The fourth-order valence-corrected chi connectivity index (χ4v) is 7.90. The fourth-order valence-electron chi connectivity index (χ4n) is 7.90. The molecule has 1 aliphatic rings. The molecular weight excluding hydrogens is 641 g/mol. The van der Waals surface area contributed by atoms with Crippen molar-refractivity contribution in [1.82, 2.24) is 9.13 Å². The molecule has 0 saturated carbocycles. The summed E-state index contributed by atoms with van der Waals surface area (Å²) in [6, 6.07) is 15.1. The summed E-state index contributed by atoms with van der Waals surface area (Å²) in [6.07, 6.45) is 19.3. The Morgan fingerprint density at radius 1 is 0.481 bits per heavy atom. The van der Waals surface area contributed by atoms with Crippen LogP contribution in [0.3, 0.4) is 0 Å². The molecular formula is C46H72N4O2. The summed E-state index contributed by atoms with van der Waals surface area (Å²) in [4.78, 5) is 0. The van der Waals surface area contributed by atoms with Crippen LogP contribution in [0.5, 0.6) is 0 Å². The van der Waals surface area contributed by atoms with E-state index in [4.69, 9.17) is 0 Å². The average Bonchev–Trinajstić information content (AvgIpc) is 3.53. The van der Waals surface area contributed by atoms with Crippen molar-refractivity contribution in [3.05, 3.63) is 105 Å². The van der Waals surface area contributed by atoms with Crippen LogP contribution >= 0.6 is 0 Å². The van der Waals surface area contributed by atoms with Gasteiger partial charge in [0.1, 0.15) is 49.0 Å². The highest BCUT2D eigenvalue weighted by atomic mass is 16.0. The summed E-state index contributed by atoms with van der Waals surface area (Å²) in [5.74, 6) is 0. The summed E-state index contributed by atoms with van der Waals surface area (Å²) < 4.78 is 10.5. The van der Waals surface area contributed by atoms with E-state index in [2.05, 4.69) is 137 Å². The van der Waals surface area contributed by atoms with Gasteiger partial charge in [-0.05, 0) is 82.0 Å². The lowest BCUT2D eigenvalue weighted by atomic mass is 9.85. The number of unbranched alkanes of at least 4 members (excludes halogenated alkanes) is 4. The molecule has 52 heavy (non-hydrogen) atoms. The highest BCUT2D eigenvalue weighted by Gasteiger charge is 2.28. The van der Waals surface area contributed by atoms with Gasteiger partial charge in [-0.25, -0.2) is 18.3 Å². The van der Waals surface area contributed by atoms with E-state index in [0.717, 1.165) is 51.9 Å². The second kappa shape index (κ2) is 18.7. The van der Waals surface area contributed by atoms with E-state index in [-0.39, 0.29) is 21.8 Å². The topological polar surface area (TPSA) is 77.6 Å².